The molecule has 0 saturated carbocycles. The molecule has 0 N–H and O–H groups in total. The van der Waals surface area contributed by atoms with Crippen molar-refractivity contribution in [3.63, 3.8) is 0 Å². The van der Waals surface area contributed by atoms with Crippen LogP contribution in [0.3, 0.4) is 0 Å². The largest absolute Gasteiger partial charge is 0.492 e. The van der Waals surface area contributed by atoms with Crippen LogP contribution in [0.5, 0.6) is 5.75 Å². The molecule has 0 spiro atoms. The van der Waals surface area contributed by atoms with Crippen molar-refractivity contribution >= 4 is 39.0 Å². The molecule has 0 aromatic heterocycles. The van der Waals surface area contributed by atoms with E-state index in [0.29, 0.717) is 40.1 Å². The molecule has 0 atom stereocenters. The second-order valence-electron chi connectivity index (χ2n) is 5.24. The van der Waals surface area contributed by atoms with Gasteiger partial charge in [0.15, 0.2) is 0 Å². The van der Waals surface area contributed by atoms with Gasteiger partial charge in [0.25, 0.3) is 0 Å². The van der Waals surface area contributed by atoms with E-state index in [-0.39, 0.29) is 4.90 Å². The van der Waals surface area contributed by atoms with Crippen molar-refractivity contribution < 1.29 is 17.4 Å². The fraction of sp³-hybridized carbons (Fsp3) is 0.188. The van der Waals surface area contributed by atoms with Gasteiger partial charge in [-0.15, -0.1) is 0 Å². The van der Waals surface area contributed by atoms with E-state index in [1.54, 1.807) is 24.3 Å². The van der Waals surface area contributed by atoms with Gasteiger partial charge >= 0.3 is 10.1 Å². The zero-order valence-corrected chi connectivity index (χ0v) is 15.0. The lowest BCUT2D eigenvalue weighted by molar-refractivity contribution is 0.308. The summed E-state index contributed by atoms with van der Waals surface area (Å²) in [6.45, 7) is 2.21. The molecule has 0 saturated heterocycles. The Balaban J connectivity index is 1.91. The topological polar surface area (TPSA) is 65.0 Å². The summed E-state index contributed by atoms with van der Waals surface area (Å²) < 4.78 is 34.8. The van der Waals surface area contributed by atoms with Crippen molar-refractivity contribution in [1.29, 1.82) is 0 Å². The van der Waals surface area contributed by atoms with E-state index in [2.05, 4.69) is 5.16 Å². The van der Waals surface area contributed by atoms with Crippen LogP contribution in [0.4, 0.5) is 0 Å². The van der Waals surface area contributed by atoms with Crippen molar-refractivity contribution in [3.8, 4) is 5.75 Å². The first-order valence-corrected chi connectivity index (χ1v) is 9.22. The third-order valence-corrected chi connectivity index (χ3v) is 5.33. The number of hydrogen-bond donors (Lipinski definition) is 0. The van der Waals surface area contributed by atoms with Gasteiger partial charge in [-0.1, -0.05) is 46.1 Å². The van der Waals surface area contributed by atoms with Gasteiger partial charge in [0.2, 0.25) is 0 Å². The lowest BCUT2D eigenvalue weighted by atomic mass is 10.0. The van der Waals surface area contributed by atoms with Gasteiger partial charge < -0.3 is 4.74 Å². The summed E-state index contributed by atoms with van der Waals surface area (Å²) in [5, 5.41) is 4.49. The van der Waals surface area contributed by atoms with E-state index in [1.807, 2.05) is 6.92 Å². The molecule has 24 heavy (non-hydrogen) atoms. The van der Waals surface area contributed by atoms with E-state index >= 15 is 0 Å². The monoisotopic (exact) mass is 385 g/mol. The Morgan fingerprint density at radius 1 is 1.12 bits per heavy atom. The highest BCUT2D eigenvalue weighted by molar-refractivity contribution is 7.86. The molecular weight excluding hydrogens is 373 g/mol. The number of benzene rings is 2. The van der Waals surface area contributed by atoms with Crippen LogP contribution in [-0.2, 0) is 14.4 Å². The first-order chi connectivity index (χ1) is 11.4. The normalized spacial score (nSPS) is 15.7. The van der Waals surface area contributed by atoms with Crippen LogP contribution in [-0.4, -0.2) is 20.7 Å². The fourth-order valence-corrected chi connectivity index (χ4v) is 3.26. The number of aryl methyl sites for hydroxylation is 1. The maximum atomic E-state index is 12.2. The maximum Gasteiger partial charge on any atom is 0.358 e. The first-order valence-electron chi connectivity index (χ1n) is 7.06. The molecule has 0 unspecified atom stereocenters. The summed E-state index contributed by atoms with van der Waals surface area (Å²) in [5.74, 6) is 0.491. The number of halogens is 2. The Morgan fingerprint density at radius 3 is 2.50 bits per heavy atom. The van der Waals surface area contributed by atoms with Crippen LogP contribution < -0.4 is 4.74 Å². The fourth-order valence-electron chi connectivity index (χ4n) is 2.20. The smallest absolute Gasteiger partial charge is 0.358 e. The second kappa shape index (κ2) is 6.63. The van der Waals surface area contributed by atoms with Crippen LogP contribution in [0.15, 0.2) is 46.4 Å². The molecule has 126 valence electrons. The van der Waals surface area contributed by atoms with Gasteiger partial charge in [-0.25, -0.2) is 0 Å². The molecule has 5 nitrogen and oxygen atoms in total. The predicted octanol–water partition coefficient (Wildman–Crippen LogP) is 4.19. The standard InChI is InChI=1S/C16H13Cl2NO4S/c1-10-2-4-11(5-3-10)24(20,21)23-19-15-6-7-22-16-9-14(18)13(17)8-12(15)16/h2-5,8-9H,6-7H2,1H3. The average Bonchev–Trinajstić information content (AvgIpc) is 2.54. The molecule has 1 aliphatic rings. The van der Waals surface area contributed by atoms with Crippen molar-refractivity contribution in [3.05, 3.63) is 57.6 Å². The van der Waals surface area contributed by atoms with Crippen LogP contribution >= 0.6 is 23.2 Å². The second-order valence-corrected chi connectivity index (χ2v) is 7.58. The number of fused-ring (bicyclic) bond motifs is 1. The number of rotatable bonds is 3. The molecular formula is C16H13Cl2NO4S. The van der Waals surface area contributed by atoms with E-state index in [1.165, 1.54) is 12.1 Å². The minimum atomic E-state index is -3.98. The van der Waals surface area contributed by atoms with Crippen molar-refractivity contribution in [2.75, 3.05) is 6.61 Å². The maximum absolute atomic E-state index is 12.2. The molecule has 2 aromatic rings. The highest BCUT2D eigenvalue weighted by Crippen LogP contribution is 2.34. The van der Waals surface area contributed by atoms with Crippen LogP contribution in [0, 0.1) is 6.92 Å². The summed E-state index contributed by atoms with van der Waals surface area (Å²) in [4.78, 5) is 0.0406. The van der Waals surface area contributed by atoms with Crippen molar-refractivity contribution in [1.82, 2.24) is 0 Å². The number of hydrogen-bond acceptors (Lipinski definition) is 5. The summed E-state index contributed by atoms with van der Waals surface area (Å²) in [6, 6.07) is 9.48. The van der Waals surface area contributed by atoms with Crippen LogP contribution in [0.1, 0.15) is 17.5 Å². The molecule has 8 heteroatoms. The van der Waals surface area contributed by atoms with Crippen molar-refractivity contribution in [2.24, 2.45) is 5.16 Å². The lowest BCUT2D eigenvalue weighted by Crippen LogP contribution is -2.17. The van der Waals surface area contributed by atoms with Crippen LogP contribution in [0.25, 0.3) is 0 Å². The predicted molar refractivity (Wildman–Crippen MR) is 92.6 cm³/mol. The van der Waals surface area contributed by atoms with Gasteiger partial charge in [-0.2, -0.15) is 8.42 Å². The third kappa shape index (κ3) is 3.50. The minimum Gasteiger partial charge on any atom is -0.492 e. The van der Waals surface area contributed by atoms with Gasteiger partial charge in [-0.05, 0) is 25.1 Å². The Bertz CT molecular complexity index is 908. The minimum absolute atomic E-state index is 0.0406. The van der Waals surface area contributed by atoms with Gasteiger partial charge in [0.1, 0.15) is 10.6 Å². The van der Waals surface area contributed by atoms with Crippen molar-refractivity contribution in [2.45, 2.75) is 18.2 Å². The average molecular weight is 386 g/mol. The third-order valence-electron chi connectivity index (χ3n) is 3.49. The molecule has 0 amide bonds. The highest BCUT2D eigenvalue weighted by Gasteiger charge is 2.22. The Kier molecular flexibility index (Phi) is 4.71. The zero-order chi connectivity index (χ0) is 17.3. The molecule has 2 aromatic carbocycles. The van der Waals surface area contributed by atoms with E-state index in [9.17, 15) is 8.42 Å². The highest BCUT2D eigenvalue weighted by atomic mass is 35.5. The van der Waals surface area contributed by atoms with Gasteiger partial charge in [0.05, 0.1) is 22.4 Å². The number of oxime groups is 1. The van der Waals surface area contributed by atoms with E-state index in [0.717, 1.165) is 5.56 Å². The Morgan fingerprint density at radius 2 is 1.79 bits per heavy atom. The SMILES string of the molecule is Cc1ccc(S(=O)(=O)ON=C2CCOc3cc(Cl)c(Cl)cc32)cc1. The van der Waals surface area contributed by atoms with Gasteiger partial charge in [0, 0.05) is 18.1 Å². The summed E-state index contributed by atoms with van der Waals surface area (Å²) in [5.41, 5.74) is 1.95. The van der Waals surface area contributed by atoms with Crippen LogP contribution in [0.2, 0.25) is 10.0 Å². The summed E-state index contributed by atoms with van der Waals surface area (Å²) in [7, 11) is -3.98. The quantitative estimate of drug-likeness (QED) is 0.742. The zero-order valence-electron chi connectivity index (χ0n) is 12.6. The van der Waals surface area contributed by atoms with E-state index < -0.39 is 10.1 Å². The lowest BCUT2D eigenvalue weighted by Gasteiger charge is -2.19. The molecule has 0 radical (unpaired) electrons. The number of nitrogens with zero attached hydrogens (tertiary/aromatic N) is 1. The molecule has 0 aliphatic carbocycles. The first kappa shape index (κ1) is 17.1. The molecule has 0 bridgehead atoms. The summed E-state index contributed by atoms with van der Waals surface area (Å²) >= 11 is 12.0. The Hall–Kier alpha value is -1.76. The molecule has 0 fully saturated rings. The number of ether oxygens (including phenoxy) is 1. The Labute approximate surface area is 149 Å². The molecule has 1 heterocycles. The van der Waals surface area contributed by atoms with E-state index in [4.69, 9.17) is 32.2 Å². The van der Waals surface area contributed by atoms with Gasteiger partial charge in [-0.3, -0.25) is 4.28 Å². The molecule has 1 aliphatic heterocycles. The molecule has 3 rings (SSSR count). The summed E-state index contributed by atoms with van der Waals surface area (Å²) in [6.07, 6.45) is 0.397.